The first kappa shape index (κ1) is 12.9. The minimum absolute atomic E-state index is 0. The largest absolute Gasteiger partial charge is 1.00 e. The van der Waals surface area contributed by atoms with Crippen LogP contribution in [0.2, 0.25) is 0 Å². The van der Waals surface area contributed by atoms with Gasteiger partial charge in [0, 0.05) is 31.9 Å². The van der Waals surface area contributed by atoms with Crippen molar-refractivity contribution in [1.29, 1.82) is 0 Å². The van der Waals surface area contributed by atoms with Gasteiger partial charge in [-0.15, -0.1) is 0 Å². The number of likely N-dealkylation sites (tertiary alicyclic amines) is 1. The number of carbonyl (C=O) groups excluding carboxylic acids is 1. The molecule has 1 rings (SSSR count). The molecule has 1 fully saturated rings. The Morgan fingerprint density at radius 1 is 1.62 bits per heavy atom. The molecule has 0 aliphatic carbocycles. The third kappa shape index (κ3) is 4.07. The Morgan fingerprint density at radius 3 is 2.38 bits per heavy atom. The minimum Gasteiger partial charge on any atom is -0.550 e. The second-order valence-corrected chi connectivity index (χ2v) is 3.28. The van der Waals surface area contributed by atoms with Gasteiger partial charge in [0.1, 0.15) is 0 Å². The number of alkyl halides is 2. The topological polar surface area (TPSA) is 43.4 Å². The number of rotatable bonds is 3. The van der Waals surface area contributed by atoms with E-state index in [-0.39, 0.29) is 38.5 Å². The number of hydrogen-bond acceptors (Lipinski definition) is 3. The van der Waals surface area contributed by atoms with Gasteiger partial charge in [0.05, 0.1) is 6.54 Å². The fraction of sp³-hybridized carbons (Fsp3) is 0.857. The molecule has 0 bridgehead atoms. The minimum atomic E-state index is -2.74. The maximum Gasteiger partial charge on any atom is 1.00 e. The van der Waals surface area contributed by atoms with E-state index < -0.39 is 17.8 Å². The maximum absolute atomic E-state index is 12.3. The van der Waals surface area contributed by atoms with Crippen LogP contribution in [0.4, 0.5) is 8.78 Å². The number of nitrogens with zero attached hydrogens (tertiary/aromatic N) is 1. The molecule has 1 heterocycles. The number of carboxylic acid groups (broad SMARTS) is 1. The normalized spacial score (nSPS) is 19.0. The zero-order valence-corrected chi connectivity index (χ0v) is 7.72. The molecular formula is C7H10F2LiNO2. The number of halogens is 2. The summed E-state index contributed by atoms with van der Waals surface area (Å²) in [5.74, 6) is -4.45. The number of carbonyl (C=O) groups is 1. The van der Waals surface area contributed by atoms with Gasteiger partial charge in [-0.2, -0.15) is 0 Å². The Kier molecular flexibility index (Phi) is 4.37. The smallest absolute Gasteiger partial charge is 0.550 e. The van der Waals surface area contributed by atoms with Crippen molar-refractivity contribution in [3.8, 4) is 0 Å². The fourth-order valence-electron chi connectivity index (χ4n) is 1.24. The molecule has 0 unspecified atom stereocenters. The van der Waals surface area contributed by atoms with E-state index in [0.717, 1.165) is 6.92 Å². The quantitative estimate of drug-likeness (QED) is 0.425. The summed E-state index contributed by atoms with van der Waals surface area (Å²) in [4.78, 5) is 11.6. The number of aliphatic carboxylic acids is 1. The van der Waals surface area contributed by atoms with E-state index in [1.54, 1.807) is 0 Å². The van der Waals surface area contributed by atoms with Gasteiger partial charge in [-0.1, -0.05) is 0 Å². The molecule has 70 valence electrons. The van der Waals surface area contributed by atoms with E-state index >= 15 is 0 Å². The van der Waals surface area contributed by atoms with Gasteiger partial charge in [-0.25, -0.2) is 8.78 Å². The Morgan fingerprint density at radius 2 is 2.08 bits per heavy atom. The summed E-state index contributed by atoms with van der Waals surface area (Å²) in [6, 6.07) is 0. The molecule has 0 aromatic rings. The van der Waals surface area contributed by atoms with Crippen molar-refractivity contribution in [2.75, 3.05) is 19.6 Å². The molecule has 0 N–H and O–H groups in total. The average molecular weight is 185 g/mol. The van der Waals surface area contributed by atoms with Crippen LogP contribution < -0.4 is 24.0 Å². The molecule has 1 aliphatic rings. The molecule has 0 amide bonds. The Hall–Kier alpha value is -0.113. The Bertz CT molecular complexity index is 189. The monoisotopic (exact) mass is 185 g/mol. The zero-order valence-electron chi connectivity index (χ0n) is 7.72. The van der Waals surface area contributed by atoms with Crippen molar-refractivity contribution < 1.29 is 37.5 Å². The molecule has 1 aliphatic heterocycles. The van der Waals surface area contributed by atoms with Crippen molar-refractivity contribution in [3.05, 3.63) is 0 Å². The molecule has 0 aromatic heterocycles. The number of hydrogen-bond donors (Lipinski definition) is 0. The van der Waals surface area contributed by atoms with Gasteiger partial charge in [-0.05, 0) is 0 Å². The van der Waals surface area contributed by atoms with Gasteiger partial charge in [0.25, 0.3) is 5.92 Å². The van der Waals surface area contributed by atoms with Crippen LogP contribution in [-0.4, -0.2) is 36.4 Å². The molecule has 3 nitrogen and oxygen atoms in total. The molecular weight excluding hydrogens is 175 g/mol. The molecule has 0 aromatic carbocycles. The molecule has 13 heavy (non-hydrogen) atoms. The SMILES string of the molecule is CC(F)(F)CN1CC(C(=O)[O-])C1.[Li+]. The van der Waals surface area contributed by atoms with Gasteiger partial charge >= 0.3 is 18.9 Å². The van der Waals surface area contributed by atoms with Crippen LogP contribution in [0.25, 0.3) is 0 Å². The average Bonchev–Trinajstić information content (AvgIpc) is 1.74. The van der Waals surface area contributed by atoms with E-state index in [2.05, 4.69) is 0 Å². The summed E-state index contributed by atoms with van der Waals surface area (Å²) in [6.45, 7) is 0.827. The summed E-state index contributed by atoms with van der Waals surface area (Å²) in [5.41, 5.74) is 0. The first-order valence-corrected chi connectivity index (χ1v) is 3.69. The summed E-state index contributed by atoms with van der Waals surface area (Å²) in [5, 5.41) is 10.2. The van der Waals surface area contributed by atoms with Crippen LogP contribution in [-0.2, 0) is 4.79 Å². The molecule has 6 heteroatoms. The second-order valence-electron chi connectivity index (χ2n) is 3.28. The molecule has 0 radical (unpaired) electrons. The van der Waals surface area contributed by atoms with E-state index in [1.807, 2.05) is 0 Å². The molecule has 0 saturated carbocycles. The van der Waals surface area contributed by atoms with E-state index in [4.69, 9.17) is 0 Å². The third-order valence-electron chi connectivity index (χ3n) is 1.79. The summed E-state index contributed by atoms with van der Waals surface area (Å²) >= 11 is 0. The molecule has 0 atom stereocenters. The summed E-state index contributed by atoms with van der Waals surface area (Å²) < 4.78 is 24.6. The standard InChI is InChI=1S/C7H11F2NO2.Li/c1-7(8,9)4-10-2-5(3-10)6(11)12;/h5H,2-4H2,1H3,(H,11,12);/q;+1/p-1. The zero-order chi connectivity index (χ0) is 9.35. The van der Waals surface area contributed by atoms with Crippen LogP contribution in [0.1, 0.15) is 6.92 Å². The summed E-state index contributed by atoms with van der Waals surface area (Å²) in [6.07, 6.45) is 0. The summed E-state index contributed by atoms with van der Waals surface area (Å²) in [7, 11) is 0. The van der Waals surface area contributed by atoms with Crippen LogP contribution in [0, 0.1) is 5.92 Å². The van der Waals surface area contributed by atoms with Gasteiger partial charge in [-0.3, -0.25) is 4.90 Å². The first-order chi connectivity index (χ1) is 5.38. The van der Waals surface area contributed by atoms with Crippen LogP contribution >= 0.6 is 0 Å². The predicted octanol–water partition coefficient (Wildman–Crippen LogP) is -3.67. The molecule has 0 spiro atoms. The van der Waals surface area contributed by atoms with Crippen molar-refractivity contribution in [3.63, 3.8) is 0 Å². The van der Waals surface area contributed by atoms with Crippen molar-refractivity contribution in [2.24, 2.45) is 5.92 Å². The maximum atomic E-state index is 12.3. The first-order valence-electron chi connectivity index (χ1n) is 3.69. The Balaban J connectivity index is 0.00000144. The number of carboxylic acids is 1. The van der Waals surface area contributed by atoms with Crippen molar-refractivity contribution >= 4 is 5.97 Å². The second kappa shape index (κ2) is 4.40. The molecule has 1 saturated heterocycles. The third-order valence-corrected chi connectivity index (χ3v) is 1.79. The van der Waals surface area contributed by atoms with Crippen molar-refractivity contribution in [1.82, 2.24) is 4.90 Å². The predicted molar refractivity (Wildman–Crippen MR) is 35.6 cm³/mol. The van der Waals surface area contributed by atoms with Crippen LogP contribution in [0.3, 0.4) is 0 Å². The Labute approximate surface area is 87.3 Å². The van der Waals surface area contributed by atoms with E-state index in [0.29, 0.717) is 0 Å². The van der Waals surface area contributed by atoms with Crippen LogP contribution in [0.5, 0.6) is 0 Å². The van der Waals surface area contributed by atoms with Gasteiger partial charge in [0.2, 0.25) is 0 Å². The van der Waals surface area contributed by atoms with Crippen molar-refractivity contribution in [2.45, 2.75) is 12.8 Å². The fourth-order valence-corrected chi connectivity index (χ4v) is 1.24. The van der Waals surface area contributed by atoms with E-state index in [1.165, 1.54) is 4.90 Å². The van der Waals surface area contributed by atoms with Gasteiger partial charge in [0.15, 0.2) is 0 Å². The van der Waals surface area contributed by atoms with Crippen LogP contribution in [0.15, 0.2) is 0 Å². The van der Waals surface area contributed by atoms with Gasteiger partial charge < -0.3 is 9.90 Å². The van der Waals surface area contributed by atoms with E-state index in [9.17, 15) is 18.7 Å².